The number of pyridine rings is 1. The van der Waals surface area contributed by atoms with Gasteiger partial charge in [0.05, 0.1) is 27.6 Å². The van der Waals surface area contributed by atoms with Crippen molar-refractivity contribution in [2.75, 3.05) is 0 Å². The van der Waals surface area contributed by atoms with E-state index in [2.05, 4.69) is 15.1 Å². The first-order valence-corrected chi connectivity index (χ1v) is 9.16. The molecule has 4 aromatic rings. The zero-order valence-electron chi connectivity index (χ0n) is 13.8. The van der Waals surface area contributed by atoms with Crippen molar-refractivity contribution >= 4 is 45.1 Å². The number of nitrogens with zero attached hydrogens (tertiary/aromatic N) is 5. The van der Waals surface area contributed by atoms with E-state index in [0.29, 0.717) is 36.9 Å². The van der Waals surface area contributed by atoms with Crippen molar-refractivity contribution in [3.05, 3.63) is 66.8 Å². The van der Waals surface area contributed by atoms with Gasteiger partial charge in [0.25, 0.3) is 0 Å². The van der Waals surface area contributed by atoms with Crippen LogP contribution in [-0.2, 0) is 0 Å². The molecule has 0 aliphatic rings. The monoisotopic (exact) mass is 489 g/mol. The normalized spacial score (nSPS) is 10.9. The molecule has 0 aliphatic carbocycles. The number of halogens is 2. The van der Waals surface area contributed by atoms with Crippen LogP contribution >= 0.6 is 34.2 Å². The minimum absolute atomic E-state index is 0.0949. The molecule has 1 aromatic carbocycles. The molecule has 7 nitrogen and oxygen atoms in total. The molecule has 0 spiro atoms. The molecule has 27 heavy (non-hydrogen) atoms. The van der Waals surface area contributed by atoms with Crippen LogP contribution in [0.3, 0.4) is 0 Å². The second-order valence-electron chi connectivity index (χ2n) is 5.68. The van der Waals surface area contributed by atoms with Crippen LogP contribution in [0, 0.1) is 22.0 Å². The predicted octanol–water partition coefficient (Wildman–Crippen LogP) is 3.87. The molecule has 0 saturated carbocycles. The summed E-state index contributed by atoms with van der Waals surface area (Å²) in [4.78, 5) is 21.3. The minimum atomic E-state index is -0.579. The first-order chi connectivity index (χ1) is 13.0. The average Bonchev–Trinajstić information content (AvgIpc) is 3.04. The molecule has 0 fully saturated rings. The molecule has 3 aromatic heterocycles. The number of hydrogen-bond acceptors (Lipinski definition) is 6. The van der Waals surface area contributed by atoms with Gasteiger partial charge in [-0.05, 0) is 59.3 Å². The third kappa shape index (κ3) is 3.09. The Balaban J connectivity index is 2.00. The number of hydrogen-bond donors (Lipinski definition) is 0. The van der Waals surface area contributed by atoms with Gasteiger partial charge in [-0.15, -0.1) is 0 Å². The van der Waals surface area contributed by atoms with Crippen LogP contribution < -0.4 is 5.63 Å². The van der Waals surface area contributed by atoms with E-state index >= 15 is 0 Å². The van der Waals surface area contributed by atoms with Crippen molar-refractivity contribution in [2.24, 2.45) is 0 Å². The van der Waals surface area contributed by atoms with E-state index in [0.717, 1.165) is 0 Å². The van der Waals surface area contributed by atoms with E-state index < -0.39 is 5.63 Å². The van der Waals surface area contributed by atoms with Gasteiger partial charge >= 0.3 is 5.63 Å². The Morgan fingerprint density at radius 2 is 2.15 bits per heavy atom. The SMILES string of the molecule is Cc1cc(C#N)cc2c(=O)oc(-c3cc(I)nn3-c3ncccc3Cl)nc12. The summed E-state index contributed by atoms with van der Waals surface area (Å²) in [6.07, 6.45) is 1.59. The van der Waals surface area contributed by atoms with Gasteiger partial charge in [0.15, 0.2) is 5.82 Å². The van der Waals surface area contributed by atoms with Gasteiger partial charge in [0.2, 0.25) is 5.89 Å². The Bertz CT molecular complexity index is 1310. The van der Waals surface area contributed by atoms with Crippen LogP contribution in [0.5, 0.6) is 0 Å². The molecule has 0 amide bonds. The van der Waals surface area contributed by atoms with Gasteiger partial charge in [0, 0.05) is 12.3 Å². The number of benzene rings is 1. The lowest BCUT2D eigenvalue weighted by Gasteiger charge is -2.08. The molecule has 0 bridgehead atoms. The van der Waals surface area contributed by atoms with Crippen LogP contribution in [0.4, 0.5) is 0 Å². The van der Waals surface area contributed by atoms with Crippen LogP contribution in [0.1, 0.15) is 11.1 Å². The van der Waals surface area contributed by atoms with Crippen LogP contribution in [0.25, 0.3) is 28.3 Å². The first kappa shape index (κ1) is 17.6. The first-order valence-electron chi connectivity index (χ1n) is 7.70. The third-order valence-corrected chi connectivity index (χ3v) is 4.71. The molecular formula is C18H9ClIN5O2. The van der Waals surface area contributed by atoms with E-state index in [1.54, 1.807) is 37.4 Å². The van der Waals surface area contributed by atoms with Gasteiger partial charge in [0.1, 0.15) is 9.39 Å². The Labute approximate surface area is 171 Å². The van der Waals surface area contributed by atoms with Crippen molar-refractivity contribution in [3.8, 4) is 23.5 Å². The molecule has 132 valence electrons. The molecule has 0 saturated heterocycles. The molecule has 9 heteroatoms. The number of nitriles is 1. The average molecular weight is 490 g/mol. The summed E-state index contributed by atoms with van der Waals surface area (Å²) < 4.78 is 7.58. The van der Waals surface area contributed by atoms with Gasteiger partial charge in [-0.25, -0.2) is 19.4 Å². The Hall–Kier alpha value is -2.77. The maximum atomic E-state index is 12.5. The molecule has 0 atom stereocenters. The highest BCUT2D eigenvalue weighted by Crippen LogP contribution is 2.27. The van der Waals surface area contributed by atoms with Crippen LogP contribution in [0.15, 0.2) is 45.7 Å². The lowest BCUT2D eigenvalue weighted by Crippen LogP contribution is -2.08. The standard InChI is InChI=1S/C18H9ClIN5O2/c1-9-5-10(8-21)6-11-15(9)23-17(27-18(11)26)13-7-14(20)24-25(13)16-12(19)3-2-4-22-16/h2-7H,1H3. The second kappa shape index (κ2) is 6.75. The highest BCUT2D eigenvalue weighted by molar-refractivity contribution is 14.1. The summed E-state index contributed by atoms with van der Waals surface area (Å²) >= 11 is 8.29. The van der Waals surface area contributed by atoms with Crippen LogP contribution in [0.2, 0.25) is 5.02 Å². The van der Waals surface area contributed by atoms with E-state index in [4.69, 9.17) is 21.3 Å². The van der Waals surface area contributed by atoms with E-state index in [-0.39, 0.29) is 11.3 Å². The summed E-state index contributed by atoms with van der Waals surface area (Å²) in [5.74, 6) is 0.496. The molecule has 0 radical (unpaired) electrons. The summed E-state index contributed by atoms with van der Waals surface area (Å²) in [7, 11) is 0. The maximum absolute atomic E-state index is 12.5. The highest BCUT2D eigenvalue weighted by Gasteiger charge is 2.19. The van der Waals surface area contributed by atoms with E-state index in [9.17, 15) is 4.79 Å². The van der Waals surface area contributed by atoms with Crippen molar-refractivity contribution < 1.29 is 4.42 Å². The van der Waals surface area contributed by atoms with Gasteiger partial charge < -0.3 is 4.42 Å². The van der Waals surface area contributed by atoms with Gasteiger partial charge in [-0.2, -0.15) is 10.4 Å². The number of rotatable bonds is 2. The zero-order valence-corrected chi connectivity index (χ0v) is 16.7. The van der Waals surface area contributed by atoms with E-state index in [1.807, 2.05) is 28.7 Å². The second-order valence-corrected chi connectivity index (χ2v) is 7.19. The van der Waals surface area contributed by atoms with Crippen molar-refractivity contribution in [2.45, 2.75) is 6.92 Å². The Kier molecular flexibility index (Phi) is 4.41. The molecule has 0 unspecified atom stereocenters. The smallest absolute Gasteiger partial charge is 0.347 e. The van der Waals surface area contributed by atoms with Crippen LogP contribution in [-0.4, -0.2) is 19.7 Å². The largest absolute Gasteiger partial charge is 0.401 e. The quantitative estimate of drug-likeness (QED) is 0.397. The van der Waals surface area contributed by atoms with Crippen molar-refractivity contribution in [1.82, 2.24) is 19.7 Å². The number of fused-ring (bicyclic) bond motifs is 1. The fraction of sp³-hybridized carbons (Fsp3) is 0.0556. The summed E-state index contributed by atoms with van der Waals surface area (Å²) in [6, 6.07) is 10.3. The Morgan fingerprint density at radius 1 is 1.33 bits per heavy atom. The summed E-state index contributed by atoms with van der Waals surface area (Å²) in [6.45, 7) is 1.79. The number of aryl methyl sites for hydroxylation is 1. The van der Waals surface area contributed by atoms with Gasteiger partial charge in [-0.3, -0.25) is 0 Å². The topological polar surface area (TPSA) is 97.6 Å². The molecule has 4 rings (SSSR count). The summed E-state index contributed by atoms with van der Waals surface area (Å²) in [5.41, 5.74) is 1.42. The summed E-state index contributed by atoms with van der Waals surface area (Å²) in [5, 5.41) is 14.1. The lowest BCUT2D eigenvalue weighted by molar-refractivity contribution is 0.513. The van der Waals surface area contributed by atoms with E-state index in [1.165, 1.54) is 10.7 Å². The Morgan fingerprint density at radius 3 is 2.89 bits per heavy atom. The van der Waals surface area contributed by atoms with Gasteiger partial charge in [-0.1, -0.05) is 11.6 Å². The third-order valence-electron chi connectivity index (χ3n) is 3.89. The zero-order chi connectivity index (χ0) is 19.1. The highest BCUT2D eigenvalue weighted by atomic mass is 127. The number of aromatic nitrogens is 4. The minimum Gasteiger partial charge on any atom is -0.401 e. The molecular weight excluding hydrogens is 481 g/mol. The fourth-order valence-electron chi connectivity index (χ4n) is 2.72. The fourth-order valence-corrected chi connectivity index (χ4v) is 3.44. The van der Waals surface area contributed by atoms with Crippen molar-refractivity contribution in [1.29, 1.82) is 5.26 Å². The molecule has 3 heterocycles. The lowest BCUT2D eigenvalue weighted by atomic mass is 10.1. The molecule has 0 N–H and O–H groups in total. The predicted molar refractivity (Wildman–Crippen MR) is 108 cm³/mol. The molecule has 0 aliphatic heterocycles. The van der Waals surface area contributed by atoms with Crippen molar-refractivity contribution in [3.63, 3.8) is 0 Å². The maximum Gasteiger partial charge on any atom is 0.347 e.